The highest BCUT2D eigenvalue weighted by Gasteiger charge is 2.50. The Labute approximate surface area is 313 Å². The molecule has 0 bridgehead atoms. The van der Waals surface area contributed by atoms with Gasteiger partial charge in [-0.2, -0.15) is 0 Å². The number of benzene rings is 6. The number of Topliss-reactive ketones (excluding diaryl/α,β-unsaturated/α-hetero) is 2. The Hall–Kier alpha value is -6.54. The number of fused-ring (bicyclic) bond motifs is 2. The van der Waals surface area contributed by atoms with Gasteiger partial charge in [0.05, 0.1) is 0 Å². The molecule has 0 aliphatic carbocycles. The van der Waals surface area contributed by atoms with Gasteiger partial charge in [0.1, 0.15) is 0 Å². The normalized spacial score (nSPS) is 14.7. The molecule has 0 radical (unpaired) electrons. The van der Waals surface area contributed by atoms with E-state index >= 15 is 0 Å². The molecule has 0 saturated carbocycles. The summed E-state index contributed by atoms with van der Waals surface area (Å²) in [5, 5.41) is 11.4. The van der Waals surface area contributed by atoms with Crippen molar-refractivity contribution in [2.45, 2.75) is 50.8 Å². The van der Waals surface area contributed by atoms with Crippen molar-refractivity contribution in [2.75, 3.05) is 0 Å². The van der Waals surface area contributed by atoms with E-state index in [0.717, 1.165) is 11.1 Å². The van der Waals surface area contributed by atoms with Crippen molar-refractivity contribution in [1.29, 1.82) is 0 Å². The molecule has 2 heterocycles. The Kier molecular flexibility index (Phi) is 8.61. The van der Waals surface area contributed by atoms with Crippen molar-refractivity contribution in [2.24, 2.45) is 0 Å². The summed E-state index contributed by atoms with van der Waals surface area (Å²) in [4.78, 5) is 27.7. The second kappa shape index (κ2) is 13.5. The largest absolute Gasteiger partial charge is 0.504 e. The molecule has 0 fully saturated rings. The lowest BCUT2D eigenvalue weighted by atomic mass is 9.87. The van der Waals surface area contributed by atoms with E-state index in [1.54, 1.807) is 18.2 Å². The van der Waals surface area contributed by atoms with Crippen LogP contribution in [-0.2, 0) is 11.6 Å². The fourth-order valence-corrected chi connectivity index (χ4v) is 7.24. The van der Waals surface area contributed by atoms with Gasteiger partial charge in [0.2, 0.25) is 17.3 Å². The van der Waals surface area contributed by atoms with Crippen molar-refractivity contribution in [3.05, 3.63) is 179 Å². The minimum absolute atomic E-state index is 0.120. The van der Waals surface area contributed by atoms with E-state index in [1.165, 1.54) is 13.0 Å². The summed E-state index contributed by atoms with van der Waals surface area (Å²) in [7, 11) is 0. The molecule has 54 heavy (non-hydrogen) atoms. The average Bonchev–Trinajstić information content (AvgIpc) is 3.83. The highest BCUT2D eigenvalue weighted by molar-refractivity contribution is 6.04. The summed E-state index contributed by atoms with van der Waals surface area (Å²) < 4.78 is 33.3. The zero-order chi connectivity index (χ0) is 37.5. The number of phenols is 1. The van der Waals surface area contributed by atoms with E-state index in [1.807, 2.05) is 135 Å². The lowest BCUT2D eigenvalue weighted by Crippen LogP contribution is -2.43. The molecule has 0 saturated heterocycles. The van der Waals surface area contributed by atoms with Gasteiger partial charge in [0, 0.05) is 33.4 Å². The van der Waals surface area contributed by atoms with Crippen molar-refractivity contribution in [3.63, 3.8) is 0 Å². The number of carbonyl (C=O) groups is 2. The smallest absolute Gasteiger partial charge is 0.305 e. The number of ketones is 2. The number of ether oxygens (including phenoxy) is 5. The Morgan fingerprint density at radius 2 is 0.981 bits per heavy atom. The second-order valence-electron chi connectivity index (χ2n) is 13.4. The molecule has 0 atom stereocenters. The zero-order valence-electron chi connectivity index (χ0n) is 30.1. The number of phenolic OH excluding ortho intramolecular Hbond substituents is 1. The summed E-state index contributed by atoms with van der Waals surface area (Å²) in [6, 6.07) is 44.1. The van der Waals surface area contributed by atoms with Crippen LogP contribution in [0.4, 0.5) is 0 Å². The molecule has 6 aromatic rings. The van der Waals surface area contributed by atoms with Crippen LogP contribution in [0.5, 0.6) is 34.5 Å². The van der Waals surface area contributed by atoms with Gasteiger partial charge in [-0.25, -0.2) is 0 Å². The van der Waals surface area contributed by atoms with Crippen molar-refractivity contribution < 1.29 is 38.4 Å². The molecular weight excluding hydrogens is 680 g/mol. The maximum Gasteiger partial charge on any atom is 0.305 e. The number of hydrogen-bond acceptors (Lipinski definition) is 8. The maximum atomic E-state index is 14.8. The number of rotatable bonds is 11. The average molecular weight is 719 g/mol. The third-order valence-electron chi connectivity index (χ3n) is 10.2. The summed E-state index contributed by atoms with van der Waals surface area (Å²) in [5.41, 5.74) is 1.92. The molecule has 270 valence electrons. The fourth-order valence-electron chi connectivity index (χ4n) is 7.24. The van der Waals surface area contributed by atoms with Gasteiger partial charge in [-0.05, 0) is 44.0 Å². The first kappa shape index (κ1) is 34.5. The van der Waals surface area contributed by atoms with Gasteiger partial charge in [0.25, 0.3) is 0 Å². The predicted molar refractivity (Wildman–Crippen MR) is 203 cm³/mol. The summed E-state index contributed by atoms with van der Waals surface area (Å²) >= 11 is 0. The molecule has 0 spiro atoms. The van der Waals surface area contributed by atoms with E-state index in [4.69, 9.17) is 23.7 Å². The van der Waals surface area contributed by atoms with Crippen LogP contribution in [0.15, 0.2) is 146 Å². The van der Waals surface area contributed by atoms with E-state index < -0.39 is 23.0 Å². The molecule has 8 heteroatoms. The molecule has 2 aliphatic rings. The van der Waals surface area contributed by atoms with Crippen LogP contribution in [0, 0.1) is 0 Å². The first-order valence-electron chi connectivity index (χ1n) is 18.0. The van der Waals surface area contributed by atoms with E-state index in [9.17, 15) is 14.7 Å². The minimum Gasteiger partial charge on any atom is -0.504 e. The Morgan fingerprint density at radius 3 is 1.41 bits per heavy atom. The quantitative estimate of drug-likeness (QED) is 0.132. The lowest BCUT2D eigenvalue weighted by Gasteiger charge is -2.32. The van der Waals surface area contributed by atoms with Gasteiger partial charge in [0.15, 0.2) is 34.4 Å². The molecule has 0 unspecified atom stereocenters. The van der Waals surface area contributed by atoms with Crippen LogP contribution in [0.2, 0.25) is 0 Å². The van der Waals surface area contributed by atoms with Gasteiger partial charge in [-0.3, -0.25) is 9.59 Å². The van der Waals surface area contributed by atoms with Crippen LogP contribution in [-0.4, -0.2) is 22.3 Å². The minimum atomic E-state index is -1.45. The van der Waals surface area contributed by atoms with Crippen LogP contribution < -0.4 is 23.7 Å². The number of carbonyl (C=O) groups excluding carboxylic acids is 2. The van der Waals surface area contributed by atoms with Crippen LogP contribution in [0.3, 0.4) is 0 Å². The molecule has 8 nitrogen and oxygen atoms in total. The topological polar surface area (TPSA) is 101 Å². The standard InChI is InChI=1S/C46H38O8/c1-4-44(5-2,43(49)32-26-37(48)41-38(29-32)51-45(53-41,33-18-10-6-11-19-33)34-20-12-7-13-21-34)50-39-27-31(30(3)47)28-40-42(39)54-46(52-40,35-22-14-8-15-23-35)36-24-16-9-17-25-36/h6-29,48H,4-5H2,1-3H3. The van der Waals surface area contributed by atoms with Crippen molar-refractivity contribution in [1.82, 2.24) is 0 Å². The van der Waals surface area contributed by atoms with Crippen LogP contribution >= 0.6 is 0 Å². The first-order chi connectivity index (χ1) is 26.2. The molecule has 0 aromatic heterocycles. The fraction of sp³-hybridized carbons (Fsp3) is 0.174. The molecule has 6 aromatic carbocycles. The Bertz CT molecular complexity index is 2260. The highest BCUT2D eigenvalue weighted by Crippen LogP contribution is 2.55. The molecule has 2 aliphatic heterocycles. The second-order valence-corrected chi connectivity index (χ2v) is 13.4. The molecule has 1 N–H and O–H groups in total. The highest BCUT2D eigenvalue weighted by atomic mass is 16.7. The van der Waals surface area contributed by atoms with Gasteiger partial charge < -0.3 is 28.8 Å². The van der Waals surface area contributed by atoms with E-state index in [0.29, 0.717) is 22.4 Å². The van der Waals surface area contributed by atoms with Crippen molar-refractivity contribution >= 4 is 11.6 Å². The lowest BCUT2D eigenvalue weighted by molar-refractivity contribution is -0.0480. The maximum absolute atomic E-state index is 14.8. The van der Waals surface area contributed by atoms with Gasteiger partial charge in [-0.1, -0.05) is 135 Å². The molecule has 0 amide bonds. The third-order valence-corrected chi connectivity index (χ3v) is 10.2. The van der Waals surface area contributed by atoms with Gasteiger partial charge >= 0.3 is 11.6 Å². The van der Waals surface area contributed by atoms with Crippen molar-refractivity contribution in [3.8, 4) is 34.5 Å². The zero-order valence-corrected chi connectivity index (χ0v) is 30.1. The summed E-state index contributed by atoms with van der Waals surface area (Å²) in [5.74, 6) is -2.59. The van der Waals surface area contributed by atoms with Crippen LogP contribution in [0.1, 0.15) is 76.6 Å². The predicted octanol–water partition coefficient (Wildman–Crippen LogP) is 9.76. The number of aromatic hydroxyl groups is 1. The van der Waals surface area contributed by atoms with Crippen LogP contribution in [0.25, 0.3) is 0 Å². The summed E-state index contributed by atoms with van der Waals surface area (Å²) in [6.07, 6.45) is 0.496. The SMILES string of the molecule is CCC(CC)(Oc1cc(C(C)=O)cc2c1OC(c1ccccc1)(c1ccccc1)O2)C(=O)c1cc(O)c2c(c1)OC(c1ccccc1)(c1ccccc1)O2. The van der Waals surface area contributed by atoms with E-state index in [2.05, 4.69) is 0 Å². The molecular formula is C46H38O8. The third kappa shape index (κ3) is 5.62. The molecule has 8 rings (SSSR count). The van der Waals surface area contributed by atoms with E-state index in [-0.39, 0.29) is 52.9 Å². The Balaban J connectivity index is 1.19. The van der Waals surface area contributed by atoms with Gasteiger partial charge in [-0.15, -0.1) is 0 Å². The Morgan fingerprint density at radius 1 is 0.574 bits per heavy atom. The summed E-state index contributed by atoms with van der Waals surface area (Å²) in [6.45, 7) is 5.17. The number of hydrogen-bond donors (Lipinski definition) is 1. The monoisotopic (exact) mass is 718 g/mol. The first-order valence-corrected chi connectivity index (χ1v) is 18.0.